The summed E-state index contributed by atoms with van der Waals surface area (Å²) in [7, 11) is 0. The van der Waals surface area contributed by atoms with Gasteiger partial charge in [-0.05, 0) is 48.4 Å². The molecule has 176 valence electrons. The molecule has 0 aliphatic heterocycles. The van der Waals surface area contributed by atoms with Crippen LogP contribution in [0.4, 0.5) is 10.9 Å². The van der Waals surface area contributed by atoms with Gasteiger partial charge in [-0.15, -0.1) is 22.7 Å². The van der Waals surface area contributed by atoms with E-state index in [-0.39, 0.29) is 16.8 Å². The van der Waals surface area contributed by atoms with Crippen LogP contribution in [0.25, 0.3) is 21.7 Å². The van der Waals surface area contributed by atoms with E-state index in [9.17, 15) is 9.90 Å². The quantitative estimate of drug-likeness (QED) is 0.267. The van der Waals surface area contributed by atoms with E-state index >= 15 is 0 Å². The van der Waals surface area contributed by atoms with Crippen LogP contribution >= 0.6 is 22.7 Å². The maximum Gasteiger partial charge on any atom is 0.339 e. The number of carboxylic acids is 1. The van der Waals surface area contributed by atoms with Crippen molar-refractivity contribution in [3.8, 4) is 27.4 Å². The lowest BCUT2D eigenvalue weighted by Crippen LogP contribution is -2.08. The Hall–Kier alpha value is -3.23. The SMILES string of the molecule is CCOc1cccc(-c2nc(Nc3ncc(-c4cccs4)cc3C(=O)O)sc2CC(C)(C)C)c1. The third-order valence-electron chi connectivity index (χ3n) is 4.96. The number of anilines is 2. The Morgan fingerprint density at radius 1 is 1.15 bits per heavy atom. The maximum atomic E-state index is 12.0. The summed E-state index contributed by atoms with van der Waals surface area (Å²) < 4.78 is 5.68. The molecule has 4 aromatic rings. The number of hydrogen-bond donors (Lipinski definition) is 2. The molecule has 3 heterocycles. The Kier molecular flexibility index (Phi) is 7.00. The fraction of sp³-hybridized carbons (Fsp3) is 0.269. The van der Waals surface area contributed by atoms with E-state index in [1.54, 1.807) is 23.6 Å². The Bertz CT molecular complexity index is 1290. The number of hydrogen-bond acceptors (Lipinski definition) is 7. The topological polar surface area (TPSA) is 84.3 Å². The van der Waals surface area contributed by atoms with Crippen molar-refractivity contribution in [1.29, 1.82) is 0 Å². The highest BCUT2D eigenvalue weighted by molar-refractivity contribution is 7.16. The molecule has 2 N–H and O–H groups in total. The second-order valence-corrected chi connectivity index (χ2v) is 11.0. The van der Waals surface area contributed by atoms with Crippen LogP contribution in [0, 0.1) is 5.41 Å². The van der Waals surface area contributed by atoms with Crippen molar-refractivity contribution >= 4 is 39.6 Å². The summed E-state index contributed by atoms with van der Waals surface area (Å²) in [5.41, 5.74) is 2.78. The molecule has 4 rings (SSSR count). The molecule has 0 atom stereocenters. The van der Waals surface area contributed by atoms with Gasteiger partial charge in [-0.25, -0.2) is 14.8 Å². The van der Waals surface area contributed by atoms with E-state index in [1.807, 2.05) is 48.7 Å². The van der Waals surface area contributed by atoms with E-state index in [2.05, 4.69) is 31.1 Å². The monoisotopic (exact) mass is 493 g/mol. The second-order valence-electron chi connectivity index (χ2n) is 9.02. The smallest absolute Gasteiger partial charge is 0.339 e. The number of carboxylic acid groups (broad SMARTS) is 1. The Labute approximate surface area is 207 Å². The Morgan fingerprint density at radius 3 is 2.65 bits per heavy atom. The molecule has 34 heavy (non-hydrogen) atoms. The van der Waals surface area contributed by atoms with Crippen molar-refractivity contribution in [2.45, 2.75) is 34.1 Å². The van der Waals surface area contributed by atoms with E-state index in [1.165, 1.54) is 11.3 Å². The van der Waals surface area contributed by atoms with Crippen LogP contribution in [0.5, 0.6) is 5.75 Å². The third kappa shape index (κ3) is 5.63. The van der Waals surface area contributed by atoms with Gasteiger partial charge in [0.15, 0.2) is 5.13 Å². The number of thiazole rings is 1. The molecule has 3 aromatic heterocycles. The summed E-state index contributed by atoms with van der Waals surface area (Å²) in [4.78, 5) is 23.4. The number of nitrogens with one attached hydrogen (secondary N) is 1. The molecule has 0 saturated carbocycles. The van der Waals surface area contributed by atoms with Gasteiger partial charge >= 0.3 is 5.97 Å². The standard InChI is InChI=1S/C26H27N3O3S2/c1-5-32-18-9-6-8-16(12-18)22-21(14-26(2,3)4)34-25(28-22)29-23-19(24(30)31)13-17(15-27-23)20-10-7-11-33-20/h6-13,15H,5,14H2,1-4H3,(H,30,31)(H,27,28,29). The number of aromatic carboxylic acids is 1. The number of benzene rings is 1. The van der Waals surface area contributed by atoms with Gasteiger partial charge in [0, 0.05) is 27.1 Å². The number of rotatable bonds is 8. The first kappa shape index (κ1) is 23.9. The van der Waals surface area contributed by atoms with Crippen LogP contribution in [0.15, 0.2) is 54.0 Å². The number of pyridine rings is 1. The van der Waals surface area contributed by atoms with Crippen molar-refractivity contribution in [2.24, 2.45) is 5.41 Å². The van der Waals surface area contributed by atoms with Gasteiger partial charge in [-0.2, -0.15) is 0 Å². The molecule has 0 fully saturated rings. The molecule has 0 saturated heterocycles. The van der Waals surface area contributed by atoms with E-state index in [4.69, 9.17) is 9.72 Å². The van der Waals surface area contributed by atoms with Gasteiger partial charge in [0.25, 0.3) is 0 Å². The van der Waals surface area contributed by atoms with E-state index < -0.39 is 5.97 Å². The van der Waals surface area contributed by atoms with E-state index in [0.29, 0.717) is 11.7 Å². The summed E-state index contributed by atoms with van der Waals surface area (Å²) in [6.45, 7) is 9.11. The first-order valence-corrected chi connectivity index (χ1v) is 12.7. The maximum absolute atomic E-state index is 12.0. The number of nitrogens with zero attached hydrogens (tertiary/aromatic N) is 2. The molecule has 0 spiro atoms. The van der Waals surface area contributed by atoms with Crippen LogP contribution in [-0.2, 0) is 6.42 Å². The normalized spacial score (nSPS) is 11.4. The third-order valence-corrected chi connectivity index (χ3v) is 6.85. The number of aromatic nitrogens is 2. The molecule has 0 unspecified atom stereocenters. The fourth-order valence-corrected chi connectivity index (χ4v) is 5.53. The molecule has 1 aromatic carbocycles. The van der Waals surface area contributed by atoms with Gasteiger partial charge in [-0.3, -0.25) is 0 Å². The summed E-state index contributed by atoms with van der Waals surface area (Å²) in [5, 5.41) is 15.6. The zero-order valence-electron chi connectivity index (χ0n) is 19.6. The minimum absolute atomic E-state index is 0.0584. The van der Waals surface area contributed by atoms with E-state index in [0.717, 1.165) is 38.7 Å². The van der Waals surface area contributed by atoms with Crippen molar-refractivity contribution < 1.29 is 14.6 Å². The molecule has 0 bridgehead atoms. The first-order valence-electron chi connectivity index (χ1n) is 11.0. The van der Waals surface area contributed by atoms with Crippen LogP contribution in [0.1, 0.15) is 42.9 Å². The summed E-state index contributed by atoms with van der Waals surface area (Å²) in [5.74, 6) is 0.0335. The molecule has 8 heteroatoms. The van der Waals surface area contributed by atoms with Crippen molar-refractivity contribution in [3.05, 3.63) is 64.5 Å². The lowest BCUT2D eigenvalue weighted by Gasteiger charge is -2.17. The van der Waals surface area contributed by atoms with Gasteiger partial charge < -0.3 is 15.2 Å². The highest BCUT2D eigenvalue weighted by atomic mass is 32.1. The Morgan fingerprint density at radius 2 is 1.97 bits per heavy atom. The highest BCUT2D eigenvalue weighted by Gasteiger charge is 2.22. The summed E-state index contributed by atoms with van der Waals surface area (Å²) in [6, 6.07) is 13.4. The van der Waals surface area contributed by atoms with Crippen LogP contribution in [-0.4, -0.2) is 27.7 Å². The summed E-state index contributed by atoms with van der Waals surface area (Å²) in [6.07, 6.45) is 2.52. The molecule has 0 aliphatic rings. The fourth-order valence-electron chi connectivity index (χ4n) is 3.54. The van der Waals surface area contributed by atoms with Crippen LogP contribution in [0.3, 0.4) is 0 Å². The largest absolute Gasteiger partial charge is 0.494 e. The van der Waals surface area contributed by atoms with Gasteiger partial charge in [-0.1, -0.05) is 39.0 Å². The zero-order chi connectivity index (χ0) is 24.3. The van der Waals surface area contributed by atoms with Crippen LogP contribution < -0.4 is 10.1 Å². The molecular weight excluding hydrogens is 466 g/mol. The predicted molar refractivity (Wildman–Crippen MR) is 140 cm³/mol. The van der Waals surface area contributed by atoms with Crippen LogP contribution in [0.2, 0.25) is 0 Å². The lowest BCUT2D eigenvalue weighted by molar-refractivity contribution is 0.0697. The van der Waals surface area contributed by atoms with Crippen molar-refractivity contribution in [1.82, 2.24) is 9.97 Å². The van der Waals surface area contributed by atoms with Crippen molar-refractivity contribution in [3.63, 3.8) is 0 Å². The molecule has 0 amide bonds. The average Bonchev–Trinajstić information content (AvgIpc) is 3.44. The number of thiophene rings is 1. The zero-order valence-corrected chi connectivity index (χ0v) is 21.2. The second kappa shape index (κ2) is 9.95. The van der Waals surface area contributed by atoms with Gasteiger partial charge in [0.1, 0.15) is 17.1 Å². The Balaban J connectivity index is 1.72. The average molecular weight is 494 g/mol. The molecule has 6 nitrogen and oxygen atoms in total. The molecular formula is C26H27N3O3S2. The first-order chi connectivity index (χ1) is 16.2. The predicted octanol–water partition coefficient (Wildman–Crippen LogP) is 7.36. The highest BCUT2D eigenvalue weighted by Crippen LogP contribution is 2.38. The number of carbonyl (C=O) groups is 1. The minimum Gasteiger partial charge on any atom is -0.494 e. The van der Waals surface area contributed by atoms with Crippen molar-refractivity contribution in [2.75, 3.05) is 11.9 Å². The minimum atomic E-state index is -1.04. The molecule has 0 aliphatic carbocycles. The van der Waals surface area contributed by atoms with Gasteiger partial charge in [0.05, 0.1) is 12.3 Å². The van der Waals surface area contributed by atoms with Gasteiger partial charge in [0.2, 0.25) is 0 Å². The lowest BCUT2D eigenvalue weighted by atomic mass is 9.90. The molecule has 0 radical (unpaired) electrons. The summed E-state index contributed by atoms with van der Waals surface area (Å²) >= 11 is 3.07. The number of ether oxygens (including phenoxy) is 1.